The van der Waals surface area contributed by atoms with Gasteiger partial charge in [-0.1, -0.05) is 32.4 Å². The van der Waals surface area contributed by atoms with E-state index in [1.165, 1.54) is 24.3 Å². The van der Waals surface area contributed by atoms with Crippen LogP contribution in [-0.2, 0) is 0 Å². The minimum Gasteiger partial charge on any atom is -0.493 e. The van der Waals surface area contributed by atoms with Gasteiger partial charge in [0.15, 0.2) is 0 Å². The Morgan fingerprint density at radius 2 is 2.05 bits per heavy atom. The van der Waals surface area contributed by atoms with Gasteiger partial charge < -0.3 is 15.6 Å². The Kier molecular flexibility index (Phi) is 2.79. The largest absolute Gasteiger partial charge is 0.493 e. The van der Waals surface area contributed by atoms with Gasteiger partial charge in [-0.05, 0) is 43.7 Å². The van der Waals surface area contributed by atoms with Gasteiger partial charge in [-0.15, -0.1) is 0 Å². The third kappa shape index (κ3) is 5.21. The smallest absolute Gasteiger partial charge is 0.119 e. The van der Waals surface area contributed by atoms with Crippen LogP contribution in [0.5, 0.6) is 5.75 Å². The maximum atomic E-state index is 10.5. The predicted molar refractivity (Wildman–Crippen MR) is 79.2 cm³/mol. The molecule has 3 heteroatoms. The van der Waals surface area contributed by atoms with Gasteiger partial charge in [0.05, 0.1) is 20.9 Å². The molecule has 19 heavy (non-hydrogen) atoms. The molecule has 108 valence electrons. The van der Waals surface area contributed by atoms with E-state index in [2.05, 4.69) is 0 Å². The second-order valence-corrected chi connectivity index (χ2v) is 4.72. The number of hydrogen-bond acceptors (Lipinski definition) is 3. The van der Waals surface area contributed by atoms with Crippen molar-refractivity contribution in [2.24, 2.45) is 11.7 Å². The Labute approximate surface area is 128 Å². The summed E-state index contributed by atoms with van der Waals surface area (Å²) in [7, 11) is 0. The van der Waals surface area contributed by atoms with Crippen molar-refractivity contribution in [3.63, 3.8) is 0 Å². The molecule has 0 aliphatic heterocycles. The fourth-order valence-electron chi connectivity index (χ4n) is 1.64. The Morgan fingerprint density at radius 3 is 2.58 bits per heavy atom. The molecule has 0 amide bonds. The Bertz CT molecular complexity index is 598. The topological polar surface area (TPSA) is 55.5 Å². The number of aliphatic hydroxyl groups is 1. The zero-order valence-corrected chi connectivity index (χ0v) is 11.3. The van der Waals surface area contributed by atoms with Crippen molar-refractivity contribution in [2.75, 3.05) is 6.56 Å². The molecule has 2 atom stereocenters. The van der Waals surface area contributed by atoms with Crippen molar-refractivity contribution in [2.45, 2.75) is 52.0 Å². The lowest BCUT2D eigenvalue weighted by Gasteiger charge is -2.26. The van der Waals surface area contributed by atoms with Crippen LogP contribution in [0, 0.1) is 5.92 Å². The molecule has 0 radical (unpaired) electrons. The van der Waals surface area contributed by atoms with E-state index in [0.29, 0.717) is 6.42 Å². The highest BCUT2D eigenvalue weighted by Crippen LogP contribution is 2.24. The first-order valence-electron chi connectivity index (χ1n) is 10.3. The van der Waals surface area contributed by atoms with E-state index in [4.69, 9.17) is 21.4 Å². The molecule has 1 aromatic carbocycles. The van der Waals surface area contributed by atoms with Crippen LogP contribution in [-0.4, -0.2) is 17.3 Å². The maximum absolute atomic E-state index is 10.5. The summed E-state index contributed by atoms with van der Waals surface area (Å²) >= 11 is 0. The monoisotopic (exact) mass is 273 g/mol. The van der Waals surface area contributed by atoms with E-state index in [1.54, 1.807) is 6.92 Å². The van der Waals surface area contributed by atoms with E-state index in [1.807, 2.05) is 6.92 Å². The highest BCUT2D eigenvalue weighted by Gasteiger charge is 2.24. The lowest BCUT2D eigenvalue weighted by atomic mass is 9.93. The van der Waals surface area contributed by atoms with Gasteiger partial charge in [0, 0.05) is 8.22 Å². The SMILES string of the molecule is [2H]C([2H])(Oc1ccc([C@@H](N)C(O)(C([2H])([2H])[2H])C([2H])([2H])[2H])cc1)[C@@H](C)CCC. The summed E-state index contributed by atoms with van der Waals surface area (Å²) in [5.74, 6) is -0.161. The van der Waals surface area contributed by atoms with Gasteiger partial charge >= 0.3 is 0 Å². The summed E-state index contributed by atoms with van der Waals surface area (Å²) in [5.41, 5.74) is 2.78. The van der Waals surface area contributed by atoms with Crippen LogP contribution in [0.15, 0.2) is 24.3 Å². The Hall–Kier alpha value is -1.06. The van der Waals surface area contributed by atoms with Gasteiger partial charge in [-0.2, -0.15) is 0 Å². The van der Waals surface area contributed by atoms with Crippen LogP contribution < -0.4 is 10.5 Å². The molecule has 0 spiro atoms. The lowest BCUT2D eigenvalue weighted by Crippen LogP contribution is -2.34. The average Bonchev–Trinajstić information content (AvgIpc) is 2.51. The fraction of sp³-hybridized carbons (Fsp3) is 0.625. The van der Waals surface area contributed by atoms with Crippen molar-refractivity contribution in [1.29, 1.82) is 0 Å². The predicted octanol–water partition coefficient (Wildman–Crippen LogP) is 3.27. The van der Waals surface area contributed by atoms with Crippen molar-refractivity contribution < 1.29 is 20.8 Å². The lowest BCUT2D eigenvalue weighted by molar-refractivity contribution is 0.0517. The van der Waals surface area contributed by atoms with Crippen LogP contribution >= 0.6 is 0 Å². The van der Waals surface area contributed by atoms with Crippen LogP contribution in [0.1, 0.15) is 63.0 Å². The van der Waals surface area contributed by atoms with Crippen molar-refractivity contribution in [3.8, 4) is 5.75 Å². The first-order chi connectivity index (χ1) is 12.1. The molecule has 0 saturated carbocycles. The van der Waals surface area contributed by atoms with E-state index in [-0.39, 0.29) is 17.2 Å². The standard InChI is InChI=1S/C16H27NO2/c1-5-6-12(2)11-19-14-9-7-13(8-10-14)15(17)16(3,4)18/h7-10,12,15,18H,5-6,11,17H2,1-4H3/t12-,15+/m0/s1/i3D3,4D3,11D2. The third-order valence-corrected chi connectivity index (χ3v) is 2.79. The normalized spacial score (nSPS) is 23.4. The van der Waals surface area contributed by atoms with Crippen molar-refractivity contribution >= 4 is 0 Å². The second-order valence-electron chi connectivity index (χ2n) is 4.72. The average molecular weight is 273 g/mol. The summed E-state index contributed by atoms with van der Waals surface area (Å²) in [6, 6.07) is 3.67. The number of rotatable bonds is 7. The highest BCUT2D eigenvalue weighted by molar-refractivity contribution is 5.30. The molecule has 0 aromatic heterocycles. The fourth-order valence-corrected chi connectivity index (χ4v) is 1.64. The molecule has 0 fully saturated rings. The van der Waals surface area contributed by atoms with Crippen molar-refractivity contribution in [3.05, 3.63) is 29.8 Å². The van der Waals surface area contributed by atoms with Crippen LogP contribution in [0.25, 0.3) is 0 Å². The quantitative estimate of drug-likeness (QED) is 0.801. The molecule has 1 aromatic rings. The minimum atomic E-state index is -3.24. The van der Waals surface area contributed by atoms with E-state index >= 15 is 0 Å². The van der Waals surface area contributed by atoms with Gasteiger partial charge in [-0.3, -0.25) is 0 Å². The van der Waals surface area contributed by atoms with Crippen LogP contribution in [0.3, 0.4) is 0 Å². The molecule has 1 rings (SSSR count). The van der Waals surface area contributed by atoms with Gasteiger partial charge in [0.1, 0.15) is 5.75 Å². The third-order valence-electron chi connectivity index (χ3n) is 2.79. The minimum absolute atomic E-state index is 0.0827. The first kappa shape index (κ1) is 7.65. The zero-order chi connectivity index (χ0) is 21.3. The van der Waals surface area contributed by atoms with Crippen LogP contribution in [0.4, 0.5) is 0 Å². The molecule has 0 unspecified atom stereocenters. The molecule has 0 saturated heterocycles. The van der Waals surface area contributed by atoms with Gasteiger partial charge in [-0.25, -0.2) is 0 Å². The Balaban J connectivity index is 3.11. The molecular formula is C16H27NO2. The highest BCUT2D eigenvalue weighted by atomic mass is 16.5. The zero-order valence-electron chi connectivity index (χ0n) is 19.3. The number of hydrogen-bond donors (Lipinski definition) is 2. The maximum Gasteiger partial charge on any atom is 0.119 e. The summed E-state index contributed by atoms with van der Waals surface area (Å²) in [6.45, 7) is -4.70. The number of nitrogens with two attached hydrogens (primary N) is 1. The molecule has 0 aliphatic carbocycles. The Morgan fingerprint density at radius 1 is 1.42 bits per heavy atom. The van der Waals surface area contributed by atoms with E-state index in [0.717, 1.165) is 6.42 Å². The van der Waals surface area contributed by atoms with E-state index in [9.17, 15) is 5.11 Å². The summed E-state index contributed by atoms with van der Waals surface area (Å²) in [5, 5.41) is 10.5. The van der Waals surface area contributed by atoms with Crippen LogP contribution in [0.2, 0.25) is 0 Å². The first-order valence-corrected chi connectivity index (χ1v) is 6.35. The van der Waals surface area contributed by atoms with Gasteiger partial charge in [0.2, 0.25) is 0 Å². The summed E-state index contributed by atoms with van der Waals surface area (Å²) < 4.78 is 66.0. The molecule has 0 aliphatic rings. The molecular weight excluding hydrogens is 238 g/mol. The molecule has 3 N–H and O–H groups in total. The molecule has 3 nitrogen and oxygen atoms in total. The van der Waals surface area contributed by atoms with Gasteiger partial charge in [0.25, 0.3) is 0 Å². The number of benzene rings is 1. The molecule has 0 bridgehead atoms. The summed E-state index contributed by atoms with van der Waals surface area (Å²) in [6.07, 6.45) is 1.45. The number of ether oxygens (including phenoxy) is 1. The molecule has 0 heterocycles. The summed E-state index contributed by atoms with van der Waals surface area (Å²) in [4.78, 5) is 0. The van der Waals surface area contributed by atoms with Crippen molar-refractivity contribution in [1.82, 2.24) is 0 Å². The second kappa shape index (κ2) is 6.92. The van der Waals surface area contributed by atoms with E-state index < -0.39 is 31.9 Å².